The molecule has 3 nitrogen and oxygen atoms in total. The summed E-state index contributed by atoms with van der Waals surface area (Å²) in [5, 5.41) is 11.5. The minimum absolute atomic E-state index is 0.0689. The minimum atomic E-state index is -0.416. The SMILES string of the molecule is O=C(CCC1CCCC1)Nc1ccc(F)cc1C#CCO. The third-order valence-corrected chi connectivity index (χ3v) is 3.81. The molecular weight excluding hydrogens is 269 g/mol. The van der Waals surface area contributed by atoms with E-state index >= 15 is 0 Å². The molecule has 0 atom stereocenters. The van der Waals surface area contributed by atoms with Crippen molar-refractivity contribution < 1.29 is 14.3 Å². The smallest absolute Gasteiger partial charge is 0.224 e. The van der Waals surface area contributed by atoms with Crippen LogP contribution in [0.4, 0.5) is 10.1 Å². The molecular formula is C17H20FNO2. The molecule has 0 aromatic heterocycles. The molecule has 0 heterocycles. The Hall–Kier alpha value is -1.86. The van der Waals surface area contributed by atoms with Gasteiger partial charge >= 0.3 is 0 Å². The normalized spacial score (nSPS) is 14.6. The molecule has 2 N–H and O–H groups in total. The van der Waals surface area contributed by atoms with Crippen LogP contribution in [0, 0.1) is 23.6 Å². The maximum atomic E-state index is 13.2. The highest BCUT2D eigenvalue weighted by atomic mass is 19.1. The molecule has 0 radical (unpaired) electrons. The van der Waals surface area contributed by atoms with Crippen molar-refractivity contribution >= 4 is 11.6 Å². The number of rotatable bonds is 4. The molecule has 0 bridgehead atoms. The lowest BCUT2D eigenvalue weighted by molar-refractivity contribution is -0.116. The van der Waals surface area contributed by atoms with Crippen molar-refractivity contribution in [1.82, 2.24) is 0 Å². The molecule has 1 aliphatic carbocycles. The molecule has 112 valence electrons. The second-order valence-corrected chi connectivity index (χ2v) is 5.39. The summed E-state index contributed by atoms with van der Waals surface area (Å²) in [5.41, 5.74) is 0.882. The predicted molar refractivity (Wildman–Crippen MR) is 80.2 cm³/mol. The molecule has 4 heteroatoms. The van der Waals surface area contributed by atoms with Gasteiger partial charge in [0.05, 0.1) is 11.3 Å². The van der Waals surface area contributed by atoms with Gasteiger partial charge in [0.15, 0.2) is 0 Å². The fraction of sp³-hybridized carbons (Fsp3) is 0.471. The van der Waals surface area contributed by atoms with Crippen LogP contribution < -0.4 is 5.32 Å². The van der Waals surface area contributed by atoms with Crippen LogP contribution in [0.3, 0.4) is 0 Å². The van der Waals surface area contributed by atoms with Gasteiger partial charge in [-0.3, -0.25) is 4.79 Å². The molecule has 0 unspecified atom stereocenters. The molecule has 2 rings (SSSR count). The summed E-state index contributed by atoms with van der Waals surface area (Å²) >= 11 is 0. The minimum Gasteiger partial charge on any atom is -0.384 e. The molecule has 0 aliphatic heterocycles. The molecule has 1 saturated carbocycles. The second-order valence-electron chi connectivity index (χ2n) is 5.39. The van der Waals surface area contributed by atoms with Crippen molar-refractivity contribution in [2.75, 3.05) is 11.9 Å². The summed E-state index contributed by atoms with van der Waals surface area (Å²) in [6.07, 6.45) is 6.37. The molecule has 21 heavy (non-hydrogen) atoms. The van der Waals surface area contributed by atoms with Crippen molar-refractivity contribution in [3.05, 3.63) is 29.6 Å². The van der Waals surface area contributed by atoms with Gasteiger partial charge < -0.3 is 10.4 Å². The molecule has 1 aliphatic rings. The van der Waals surface area contributed by atoms with E-state index in [2.05, 4.69) is 17.2 Å². The summed E-state index contributed by atoms with van der Waals surface area (Å²) in [5.74, 6) is 5.30. The average Bonchev–Trinajstić information content (AvgIpc) is 2.98. The Bertz CT molecular complexity index is 554. The first-order valence-corrected chi connectivity index (χ1v) is 7.38. The van der Waals surface area contributed by atoms with Gasteiger partial charge in [-0.15, -0.1) is 0 Å². The zero-order chi connectivity index (χ0) is 15.1. The van der Waals surface area contributed by atoms with E-state index < -0.39 is 5.82 Å². The van der Waals surface area contributed by atoms with Crippen molar-refractivity contribution in [1.29, 1.82) is 0 Å². The number of carbonyl (C=O) groups is 1. The molecule has 1 aromatic carbocycles. The summed E-state index contributed by atoms with van der Waals surface area (Å²) in [7, 11) is 0. The van der Waals surface area contributed by atoms with Crippen LogP contribution in [0.1, 0.15) is 44.1 Å². The van der Waals surface area contributed by atoms with Crippen LogP contribution in [0.15, 0.2) is 18.2 Å². The quantitative estimate of drug-likeness (QED) is 0.837. The molecule has 0 spiro atoms. The number of halogens is 1. The monoisotopic (exact) mass is 289 g/mol. The third kappa shape index (κ3) is 4.87. The molecule has 1 amide bonds. The van der Waals surface area contributed by atoms with Gasteiger partial charge in [-0.1, -0.05) is 37.5 Å². The zero-order valence-electron chi connectivity index (χ0n) is 12.0. The Morgan fingerprint density at radius 2 is 2.14 bits per heavy atom. The highest BCUT2D eigenvalue weighted by molar-refractivity contribution is 5.92. The number of amides is 1. The highest BCUT2D eigenvalue weighted by Crippen LogP contribution is 2.28. The number of anilines is 1. The lowest BCUT2D eigenvalue weighted by Crippen LogP contribution is -2.13. The summed E-state index contributed by atoms with van der Waals surface area (Å²) in [4.78, 5) is 12.0. The van der Waals surface area contributed by atoms with Gasteiger partial charge in [-0.25, -0.2) is 4.39 Å². The third-order valence-electron chi connectivity index (χ3n) is 3.81. The maximum Gasteiger partial charge on any atom is 0.224 e. The lowest BCUT2D eigenvalue weighted by atomic mass is 10.0. The Morgan fingerprint density at radius 1 is 1.38 bits per heavy atom. The van der Waals surface area contributed by atoms with E-state index in [-0.39, 0.29) is 12.5 Å². The van der Waals surface area contributed by atoms with Gasteiger partial charge in [0.1, 0.15) is 12.4 Å². The summed E-state index contributed by atoms with van der Waals surface area (Å²) in [6.45, 7) is -0.300. The van der Waals surface area contributed by atoms with Crippen LogP contribution in [-0.2, 0) is 4.79 Å². The molecule has 0 saturated heterocycles. The number of hydrogen-bond donors (Lipinski definition) is 2. The number of carbonyl (C=O) groups excluding carboxylic acids is 1. The topological polar surface area (TPSA) is 49.3 Å². The van der Waals surface area contributed by atoms with Crippen molar-refractivity contribution in [3.63, 3.8) is 0 Å². The Labute approximate surface area is 124 Å². The molecule has 1 fully saturated rings. The number of nitrogens with one attached hydrogen (secondary N) is 1. The summed E-state index contributed by atoms with van der Waals surface area (Å²) in [6, 6.07) is 4.05. The summed E-state index contributed by atoms with van der Waals surface area (Å²) < 4.78 is 13.2. The maximum absolute atomic E-state index is 13.2. The zero-order valence-corrected chi connectivity index (χ0v) is 12.0. The van der Waals surface area contributed by atoms with E-state index in [1.165, 1.54) is 43.9 Å². The Balaban J connectivity index is 1.95. The van der Waals surface area contributed by atoms with Crippen molar-refractivity contribution in [2.24, 2.45) is 5.92 Å². The fourth-order valence-corrected chi connectivity index (χ4v) is 2.71. The van der Waals surface area contributed by atoms with Crippen LogP contribution in [0.2, 0.25) is 0 Å². The van der Waals surface area contributed by atoms with Gasteiger partial charge in [0, 0.05) is 6.42 Å². The highest BCUT2D eigenvalue weighted by Gasteiger charge is 2.16. The van der Waals surface area contributed by atoms with E-state index in [1.807, 2.05) is 0 Å². The first-order valence-electron chi connectivity index (χ1n) is 7.38. The van der Waals surface area contributed by atoms with Gasteiger partial charge in [0.2, 0.25) is 5.91 Å². The largest absolute Gasteiger partial charge is 0.384 e. The Morgan fingerprint density at radius 3 is 2.86 bits per heavy atom. The predicted octanol–water partition coefficient (Wildman–Crippen LogP) is 3.08. The first-order chi connectivity index (χ1) is 10.2. The number of aliphatic hydroxyl groups excluding tert-OH is 1. The average molecular weight is 289 g/mol. The van der Waals surface area contributed by atoms with E-state index in [1.54, 1.807) is 0 Å². The van der Waals surface area contributed by atoms with Crippen LogP contribution in [-0.4, -0.2) is 17.6 Å². The van der Waals surface area contributed by atoms with E-state index in [0.717, 1.165) is 6.42 Å². The Kier molecular flexibility index (Phi) is 5.77. The number of benzene rings is 1. The van der Waals surface area contributed by atoms with Crippen molar-refractivity contribution in [3.8, 4) is 11.8 Å². The fourth-order valence-electron chi connectivity index (χ4n) is 2.71. The number of hydrogen-bond acceptors (Lipinski definition) is 2. The van der Waals surface area contributed by atoms with E-state index in [4.69, 9.17) is 5.11 Å². The van der Waals surface area contributed by atoms with E-state index in [0.29, 0.717) is 23.6 Å². The van der Waals surface area contributed by atoms with Gasteiger partial charge in [-0.2, -0.15) is 0 Å². The standard InChI is InChI=1S/C17H20FNO2/c18-15-8-9-16(14(12-15)6-3-11-20)19-17(21)10-7-13-4-1-2-5-13/h8-9,12-13,20H,1-2,4-5,7,10-11H2,(H,19,21). The number of aliphatic hydroxyl groups is 1. The first kappa shape index (κ1) is 15.5. The lowest BCUT2D eigenvalue weighted by Gasteiger charge is -2.10. The van der Waals surface area contributed by atoms with Crippen molar-refractivity contribution in [2.45, 2.75) is 38.5 Å². The van der Waals surface area contributed by atoms with E-state index in [9.17, 15) is 9.18 Å². The second kappa shape index (κ2) is 7.80. The van der Waals surface area contributed by atoms with Crippen LogP contribution in [0.25, 0.3) is 0 Å². The van der Waals surface area contributed by atoms with Gasteiger partial charge in [-0.05, 0) is 30.5 Å². The van der Waals surface area contributed by atoms with Crippen LogP contribution in [0.5, 0.6) is 0 Å². The van der Waals surface area contributed by atoms with Crippen LogP contribution >= 0.6 is 0 Å². The van der Waals surface area contributed by atoms with Gasteiger partial charge in [0.25, 0.3) is 0 Å². The molecule has 1 aromatic rings.